The Morgan fingerprint density at radius 1 is 1.34 bits per heavy atom. The summed E-state index contributed by atoms with van der Waals surface area (Å²) in [6.07, 6.45) is 7.19. The lowest BCUT2D eigenvalue weighted by atomic mass is 10.2. The number of amides is 2. The maximum Gasteiger partial charge on any atom is 0.261 e. The minimum atomic E-state index is -0.633. The average Bonchev–Trinajstić information content (AvgIpc) is 3.32. The van der Waals surface area contributed by atoms with E-state index >= 15 is 0 Å². The van der Waals surface area contributed by atoms with E-state index in [2.05, 4.69) is 20.6 Å². The molecule has 3 heterocycles. The third kappa shape index (κ3) is 5.93. The molecular weight excluding hydrogens is 452 g/mol. The highest BCUT2D eigenvalue weighted by atomic mass is 35.5. The molecule has 0 fully saturated rings. The quantitative estimate of drug-likeness (QED) is 0.345. The summed E-state index contributed by atoms with van der Waals surface area (Å²) in [5, 5.41) is 7.78. The van der Waals surface area contributed by atoms with Gasteiger partial charge in [-0.2, -0.15) is 0 Å². The highest BCUT2D eigenvalue weighted by Gasteiger charge is 2.12. The van der Waals surface area contributed by atoms with Crippen LogP contribution in [0.4, 0.5) is 0 Å². The van der Waals surface area contributed by atoms with E-state index in [4.69, 9.17) is 16.3 Å². The normalized spacial score (nSPS) is 11.9. The predicted octanol–water partition coefficient (Wildman–Crippen LogP) is 3.23. The number of ether oxygens (including phenoxy) is 1. The molecule has 32 heavy (non-hydrogen) atoms. The molecule has 0 saturated heterocycles. The number of H-pyrrole nitrogens is 1. The second kappa shape index (κ2) is 11.1. The third-order valence-electron chi connectivity index (χ3n) is 4.25. The second-order valence-electron chi connectivity index (χ2n) is 6.34. The Bertz CT molecular complexity index is 1260. The summed E-state index contributed by atoms with van der Waals surface area (Å²) >= 11 is 7.09. The molecule has 8 nitrogen and oxygen atoms in total. The zero-order valence-electron chi connectivity index (χ0n) is 16.9. The zero-order chi connectivity index (χ0) is 22.9. The number of nitrogens with one attached hydrogen (secondary N) is 3. The van der Waals surface area contributed by atoms with Gasteiger partial charge in [-0.25, -0.2) is 4.98 Å². The summed E-state index contributed by atoms with van der Waals surface area (Å²) in [5.74, 6) is -0.635. The Hall–Kier alpha value is -3.69. The Kier molecular flexibility index (Phi) is 7.96. The highest BCUT2D eigenvalue weighted by Crippen LogP contribution is 2.15. The van der Waals surface area contributed by atoms with E-state index in [0.717, 1.165) is 4.88 Å². The lowest BCUT2D eigenvalue weighted by Crippen LogP contribution is -2.26. The molecular formula is C22H19ClN4O4S. The number of aromatic amines is 1. The first-order valence-corrected chi connectivity index (χ1v) is 10.7. The fourth-order valence-electron chi connectivity index (χ4n) is 2.68. The first-order chi connectivity index (χ1) is 15.5. The SMILES string of the molecule is COc1cc2[nH]c(=O)c(C(=O)NC=CC(=CC=CCl)C(=O)NCc3cccs3)cc2cn1. The van der Waals surface area contributed by atoms with Crippen LogP contribution in [0, 0.1) is 0 Å². The molecule has 3 aromatic heterocycles. The maximum absolute atomic E-state index is 12.5. The number of aromatic nitrogens is 2. The lowest BCUT2D eigenvalue weighted by Gasteiger charge is -2.05. The first kappa shape index (κ1) is 23.0. The highest BCUT2D eigenvalue weighted by molar-refractivity contribution is 7.09. The number of thiophene rings is 1. The number of methoxy groups -OCH3 is 1. The van der Waals surface area contributed by atoms with Crippen molar-refractivity contribution in [2.24, 2.45) is 0 Å². The molecule has 0 aliphatic carbocycles. The van der Waals surface area contributed by atoms with Crippen molar-refractivity contribution >= 4 is 45.7 Å². The van der Waals surface area contributed by atoms with Crippen molar-refractivity contribution in [3.8, 4) is 5.88 Å². The number of allylic oxidation sites excluding steroid dienone is 2. The van der Waals surface area contributed by atoms with Gasteiger partial charge >= 0.3 is 0 Å². The van der Waals surface area contributed by atoms with Gasteiger partial charge in [-0.3, -0.25) is 14.4 Å². The molecule has 3 aromatic rings. The van der Waals surface area contributed by atoms with E-state index in [1.807, 2.05) is 17.5 Å². The fourth-order valence-corrected chi connectivity index (χ4v) is 3.39. The van der Waals surface area contributed by atoms with Crippen molar-refractivity contribution < 1.29 is 14.3 Å². The van der Waals surface area contributed by atoms with Crippen LogP contribution in [0.3, 0.4) is 0 Å². The van der Waals surface area contributed by atoms with E-state index in [-0.39, 0.29) is 17.0 Å². The number of fused-ring (bicyclic) bond motifs is 1. The van der Waals surface area contributed by atoms with Crippen LogP contribution in [0.25, 0.3) is 10.9 Å². The molecule has 0 aliphatic rings. The molecule has 0 unspecified atom stereocenters. The van der Waals surface area contributed by atoms with E-state index in [1.54, 1.807) is 6.07 Å². The number of carbonyl (C=O) groups is 2. The van der Waals surface area contributed by atoms with Crippen LogP contribution in [0.1, 0.15) is 15.2 Å². The second-order valence-corrected chi connectivity index (χ2v) is 7.62. The lowest BCUT2D eigenvalue weighted by molar-refractivity contribution is -0.117. The number of rotatable bonds is 8. The van der Waals surface area contributed by atoms with Gasteiger partial charge in [-0.05, 0) is 29.7 Å². The van der Waals surface area contributed by atoms with Gasteiger partial charge in [-0.15, -0.1) is 11.3 Å². The van der Waals surface area contributed by atoms with Crippen LogP contribution >= 0.6 is 22.9 Å². The Labute approximate surface area is 192 Å². The molecule has 2 amide bonds. The number of pyridine rings is 2. The standard InChI is InChI=1S/C22H19ClN4O4S/c1-31-19-11-18-15(12-25-19)10-17(22(30)27-18)21(29)24-8-6-14(4-2-7-23)20(28)26-13-16-5-3-9-32-16/h2-12H,13H2,1H3,(H,24,29)(H,26,28)(H,27,30). The van der Waals surface area contributed by atoms with Crippen LogP contribution in [-0.2, 0) is 11.3 Å². The van der Waals surface area contributed by atoms with Gasteiger partial charge < -0.3 is 20.4 Å². The molecule has 0 atom stereocenters. The molecule has 164 valence electrons. The van der Waals surface area contributed by atoms with Crippen LogP contribution < -0.4 is 20.9 Å². The van der Waals surface area contributed by atoms with Gasteiger partial charge in [0.1, 0.15) is 5.56 Å². The van der Waals surface area contributed by atoms with Crippen molar-refractivity contribution in [1.82, 2.24) is 20.6 Å². The topological polar surface area (TPSA) is 113 Å². The average molecular weight is 471 g/mol. The van der Waals surface area contributed by atoms with Gasteiger partial charge in [0.15, 0.2) is 0 Å². The summed E-state index contributed by atoms with van der Waals surface area (Å²) in [6.45, 7) is 0.379. The summed E-state index contributed by atoms with van der Waals surface area (Å²) in [5.41, 5.74) is 1.36. The van der Waals surface area contributed by atoms with Crippen LogP contribution in [0.5, 0.6) is 5.88 Å². The van der Waals surface area contributed by atoms with Gasteiger partial charge in [0.2, 0.25) is 5.88 Å². The molecule has 0 saturated carbocycles. The van der Waals surface area contributed by atoms with Crippen LogP contribution in [0.2, 0.25) is 0 Å². The zero-order valence-corrected chi connectivity index (χ0v) is 18.5. The third-order valence-corrected chi connectivity index (χ3v) is 5.27. The molecule has 0 radical (unpaired) electrons. The summed E-state index contributed by atoms with van der Waals surface area (Å²) in [6, 6.07) is 6.81. The van der Waals surface area contributed by atoms with Crippen molar-refractivity contribution in [2.75, 3.05) is 7.11 Å². The Morgan fingerprint density at radius 2 is 2.19 bits per heavy atom. The number of hydrogen-bond acceptors (Lipinski definition) is 6. The van der Waals surface area contributed by atoms with E-state index < -0.39 is 11.5 Å². The molecule has 10 heteroatoms. The van der Waals surface area contributed by atoms with Crippen molar-refractivity contribution in [2.45, 2.75) is 6.54 Å². The van der Waals surface area contributed by atoms with Gasteiger partial charge in [0, 0.05) is 39.8 Å². The van der Waals surface area contributed by atoms with Crippen molar-refractivity contribution in [3.05, 3.63) is 92.2 Å². The Morgan fingerprint density at radius 3 is 2.91 bits per heavy atom. The van der Waals surface area contributed by atoms with E-state index in [9.17, 15) is 14.4 Å². The maximum atomic E-state index is 12.5. The predicted molar refractivity (Wildman–Crippen MR) is 125 cm³/mol. The molecule has 0 aliphatic heterocycles. The summed E-state index contributed by atoms with van der Waals surface area (Å²) in [4.78, 5) is 45.0. The summed E-state index contributed by atoms with van der Waals surface area (Å²) in [7, 11) is 1.47. The minimum absolute atomic E-state index is 0.0950. The van der Waals surface area contributed by atoms with E-state index in [0.29, 0.717) is 23.3 Å². The molecule has 0 aromatic carbocycles. The van der Waals surface area contributed by atoms with Crippen LogP contribution in [-0.4, -0.2) is 28.9 Å². The monoisotopic (exact) mass is 470 g/mol. The number of halogens is 1. The van der Waals surface area contributed by atoms with Gasteiger partial charge in [-0.1, -0.05) is 23.7 Å². The van der Waals surface area contributed by atoms with Crippen molar-refractivity contribution in [3.63, 3.8) is 0 Å². The van der Waals surface area contributed by atoms with Crippen molar-refractivity contribution in [1.29, 1.82) is 0 Å². The first-order valence-electron chi connectivity index (χ1n) is 9.34. The molecule has 0 bridgehead atoms. The fraction of sp³-hybridized carbons (Fsp3) is 0.0909. The summed E-state index contributed by atoms with van der Waals surface area (Å²) < 4.78 is 5.03. The molecule has 3 N–H and O–H groups in total. The number of nitrogens with zero attached hydrogens (tertiary/aromatic N) is 1. The van der Waals surface area contributed by atoms with Gasteiger partial charge in [0.25, 0.3) is 17.4 Å². The molecule has 0 spiro atoms. The number of hydrogen-bond donors (Lipinski definition) is 3. The van der Waals surface area contributed by atoms with Gasteiger partial charge in [0.05, 0.1) is 19.2 Å². The smallest absolute Gasteiger partial charge is 0.261 e. The van der Waals surface area contributed by atoms with Crippen LogP contribution in [0.15, 0.2) is 76.2 Å². The van der Waals surface area contributed by atoms with E-state index in [1.165, 1.54) is 60.7 Å². The Balaban J connectivity index is 1.71. The number of carbonyl (C=O) groups excluding carboxylic acids is 2. The largest absolute Gasteiger partial charge is 0.481 e. The molecule has 3 rings (SSSR count). The minimum Gasteiger partial charge on any atom is -0.481 e.